The topological polar surface area (TPSA) is 28.5 Å². The Hall–Kier alpha value is -1.29. The zero-order valence-corrected chi connectivity index (χ0v) is 9.38. The maximum Gasteiger partial charge on any atom is 0.135 e. The third-order valence-electron chi connectivity index (χ3n) is 1.84. The molecule has 3 nitrogen and oxygen atoms in total. The summed E-state index contributed by atoms with van der Waals surface area (Å²) in [6.07, 6.45) is 3.42. The van der Waals surface area contributed by atoms with Crippen LogP contribution in [0.5, 0.6) is 0 Å². The molecule has 0 aromatic carbocycles. The van der Waals surface area contributed by atoms with Gasteiger partial charge >= 0.3 is 0 Å². The van der Waals surface area contributed by atoms with Crippen molar-refractivity contribution >= 4 is 23.0 Å². The van der Waals surface area contributed by atoms with E-state index in [9.17, 15) is 0 Å². The molecule has 1 rings (SSSR count). The lowest BCUT2D eigenvalue weighted by Crippen LogP contribution is -2.19. The van der Waals surface area contributed by atoms with Crippen molar-refractivity contribution in [3.8, 4) is 0 Å². The van der Waals surface area contributed by atoms with Crippen LogP contribution in [0.25, 0.3) is 0 Å². The molecule has 0 fully saturated rings. The fourth-order valence-corrected chi connectivity index (χ4v) is 1.07. The summed E-state index contributed by atoms with van der Waals surface area (Å²) in [5.41, 5.74) is 0.927. The molecule has 4 heteroatoms. The minimum atomic E-state index is 0.596. The van der Waals surface area contributed by atoms with Crippen molar-refractivity contribution in [1.29, 1.82) is 0 Å². The quantitative estimate of drug-likeness (QED) is 0.399. The van der Waals surface area contributed by atoms with Crippen LogP contribution in [0.4, 0.5) is 0 Å². The first-order chi connectivity index (χ1) is 6.61. The number of hydrogen-bond acceptors (Lipinski definition) is 2. The van der Waals surface area contributed by atoms with Crippen LogP contribution < -0.4 is 0 Å². The molecule has 0 aliphatic carbocycles. The second kappa shape index (κ2) is 4.81. The smallest absolute Gasteiger partial charge is 0.135 e. The third-order valence-corrected chi connectivity index (χ3v) is 2.16. The lowest BCUT2D eigenvalue weighted by molar-refractivity contribution is 0.620. The molecule has 0 spiro atoms. The van der Waals surface area contributed by atoms with Crippen LogP contribution in [-0.4, -0.2) is 34.8 Å². The number of hydrogen-bond donors (Lipinski definition) is 0. The second-order valence-electron chi connectivity index (χ2n) is 3.09. The average Bonchev–Trinajstić information content (AvgIpc) is 2.19. The van der Waals surface area contributed by atoms with Crippen molar-refractivity contribution in [1.82, 2.24) is 9.88 Å². The van der Waals surface area contributed by atoms with E-state index in [0.29, 0.717) is 4.99 Å². The Labute approximate surface area is 89.5 Å². The highest BCUT2D eigenvalue weighted by atomic mass is 32.1. The van der Waals surface area contributed by atoms with Gasteiger partial charge in [0.2, 0.25) is 0 Å². The summed E-state index contributed by atoms with van der Waals surface area (Å²) in [4.78, 5) is 10.7. The SMILES string of the molecule is C/C(=N\C(=S)c1ccncc1)N(C)C. The maximum atomic E-state index is 5.17. The molecule has 1 aromatic heterocycles. The van der Waals surface area contributed by atoms with Gasteiger partial charge in [-0.3, -0.25) is 4.98 Å². The predicted molar refractivity (Wildman–Crippen MR) is 62.7 cm³/mol. The van der Waals surface area contributed by atoms with Crippen LogP contribution in [0.1, 0.15) is 12.5 Å². The highest BCUT2D eigenvalue weighted by Gasteiger charge is 2.00. The molecule has 0 saturated carbocycles. The number of thiocarbonyl (C=S) groups is 1. The van der Waals surface area contributed by atoms with Crippen LogP contribution in [0.15, 0.2) is 29.5 Å². The van der Waals surface area contributed by atoms with Gasteiger partial charge in [-0.2, -0.15) is 0 Å². The lowest BCUT2D eigenvalue weighted by atomic mass is 10.3. The van der Waals surface area contributed by atoms with Crippen molar-refractivity contribution in [2.75, 3.05) is 14.1 Å². The minimum Gasteiger partial charge on any atom is -0.366 e. The standard InChI is InChI=1S/C10H13N3S/c1-8(13(2)3)12-10(14)9-4-6-11-7-5-9/h4-7H,1-3H3/b12-8+. The molecule has 0 aliphatic rings. The Morgan fingerprint density at radius 1 is 1.36 bits per heavy atom. The van der Waals surface area contributed by atoms with Crippen molar-refractivity contribution in [2.45, 2.75) is 6.92 Å². The van der Waals surface area contributed by atoms with E-state index in [-0.39, 0.29) is 0 Å². The van der Waals surface area contributed by atoms with E-state index in [2.05, 4.69) is 9.98 Å². The first kappa shape index (κ1) is 10.8. The van der Waals surface area contributed by atoms with Crippen molar-refractivity contribution in [3.05, 3.63) is 30.1 Å². The van der Waals surface area contributed by atoms with E-state index in [1.807, 2.05) is 38.1 Å². The highest BCUT2D eigenvalue weighted by molar-refractivity contribution is 7.80. The molecular weight excluding hydrogens is 194 g/mol. The monoisotopic (exact) mass is 207 g/mol. The molecule has 0 N–H and O–H groups in total. The van der Waals surface area contributed by atoms with Crippen LogP contribution in [0.2, 0.25) is 0 Å². The van der Waals surface area contributed by atoms with E-state index >= 15 is 0 Å². The maximum absolute atomic E-state index is 5.17. The molecule has 0 atom stereocenters. The molecule has 0 unspecified atom stereocenters. The number of amidine groups is 1. The summed E-state index contributed by atoms with van der Waals surface area (Å²) >= 11 is 5.17. The molecule has 1 heterocycles. The molecule has 14 heavy (non-hydrogen) atoms. The van der Waals surface area contributed by atoms with Gasteiger partial charge in [0.05, 0.1) is 0 Å². The van der Waals surface area contributed by atoms with E-state index in [1.165, 1.54) is 0 Å². The molecule has 74 valence electrons. The van der Waals surface area contributed by atoms with Gasteiger partial charge in [0.15, 0.2) is 0 Å². The van der Waals surface area contributed by atoms with E-state index in [1.54, 1.807) is 12.4 Å². The number of nitrogens with zero attached hydrogens (tertiary/aromatic N) is 3. The average molecular weight is 207 g/mol. The molecule has 0 radical (unpaired) electrons. The summed E-state index contributed by atoms with van der Waals surface area (Å²) in [5, 5.41) is 0. The van der Waals surface area contributed by atoms with Crippen molar-refractivity contribution < 1.29 is 0 Å². The molecular formula is C10H13N3S. The summed E-state index contributed by atoms with van der Waals surface area (Å²) in [6.45, 7) is 1.92. The molecule has 0 saturated heterocycles. The molecule has 0 amide bonds. The van der Waals surface area contributed by atoms with E-state index < -0.39 is 0 Å². The van der Waals surface area contributed by atoms with Crippen LogP contribution in [0, 0.1) is 0 Å². The van der Waals surface area contributed by atoms with E-state index in [4.69, 9.17) is 12.2 Å². The van der Waals surface area contributed by atoms with Gasteiger partial charge in [-0.05, 0) is 19.1 Å². The third kappa shape index (κ3) is 2.88. The fraction of sp³-hybridized carbons (Fsp3) is 0.300. The normalized spacial score (nSPS) is 11.2. The molecule has 1 aromatic rings. The summed E-state index contributed by atoms with van der Waals surface area (Å²) in [5.74, 6) is 0.895. The number of pyridine rings is 1. The summed E-state index contributed by atoms with van der Waals surface area (Å²) in [6, 6.07) is 3.71. The number of rotatable bonds is 1. The zero-order valence-electron chi connectivity index (χ0n) is 8.56. The second-order valence-corrected chi connectivity index (χ2v) is 3.48. The fourth-order valence-electron chi connectivity index (χ4n) is 0.806. The van der Waals surface area contributed by atoms with Crippen LogP contribution in [0.3, 0.4) is 0 Å². The van der Waals surface area contributed by atoms with Gasteiger partial charge in [0.25, 0.3) is 0 Å². The number of aromatic nitrogens is 1. The van der Waals surface area contributed by atoms with Gasteiger partial charge in [-0.25, -0.2) is 4.99 Å². The number of aliphatic imine (C=N–C) groups is 1. The Morgan fingerprint density at radius 3 is 2.43 bits per heavy atom. The Bertz CT molecular complexity index is 344. The lowest BCUT2D eigenvalue weighted by Gasteiger charge is -2.10. The first-order valence-corrected chi connectivity index (χ1v) is 4.69. The van der Waals surface area contributed by atoms with Gasteiger partial charge < -0.3 is 4.90 Å². The summed E-state index contributed by atoms with van der Waals surface area (Å²) < 4.78 is 0. The zero-order chi connectivity index (χ0) is 10.6. The highest BCUT2D eigenvalue weighted by Crippen LogP contribution is 2.01. The largest absolute Gasteiger partial charge is 0.366 e. The van der Waals surface area contributed by atoms with Gasteiger partial charge in [0, 0.05) is 32.1 Å². The molecule has 0 aliphatic heterocycles. The Morgan fingerprint density at radius 2 is 1.93 bits per heavy atom. The minimum absolute atomic E-state index is 0.596. The van der Waals surface area contributed by atoms with Gasteiger partial charge in [-0.1, -0.05) is 12.2 Å². The predicted octanol–water partition coefficient (Wildman–Crippen LogP) is 1.74. The van der Waals surface area contributed by atoms with E-state index in [0.717, 1.165) is 11.4 Å². The van der Waals surface area contributed by atoms with Crippen LogP contribution in [-0.2, 0) is 0 Å². The van der Waals surface area contributed by atoms with Gasteiger partial charge in [0.1, 0.15) is 10.8 Å². The van der Waals surface area contributed by atoms with Crippen LogP contribution >= 0.6 is 12.2 Å². The van der Waals surface area contributed by atoms with Crippen molar-refractivity contribution in [3.63, 3.8) is 0 Å². The first-order valence-electron chi connectivity index (χ1n) is 4.28. The van der Waals surface area contributed by atoms with Gasteiger partial charge in [-0.15, -0.1) is 0 Å². The van der Waals surface area contributed by atoms with Crippen molar-refractivity contribution in [2.24, 2.45) is 4.99 Å². The Balaban J connectivity index is 2.83. The molecule has 0 bridgehead atoms. The summed E-state index contributed by atoms with van der Waals surface area (Å²) in [7, 11) is 3.88. The Kier molecular flexibility index (Phi) is 3.71.